The molecule has 6 rings (SSSR count). The quantitative estimate of drug-likeness (QED) is 0.501. The predicted octanol–water partition coefficient (Wildman–Crippen LogP) is 5.10. The number of alkyl carbamates (subject to hydrolysis) is 1. The van der Waals surface area contributed by atoms with Crippen molar-refractivity contribution >= 4 is 28.8 Å². The molecule has 1 aromatic heterocycles. The highest BCUT2D eigenvalue weighted by Gasteiger charge is 2.55. The molecule has 1 unspecified atom stereocenters. The van der Waals surface area contributed by atoms with Crippen molar-refractivity contribution in [3.05, 3.63) is 23.9 Å². The van der Waals surface area contributed by atoms with Gasteiger partial charge >= 0.3 is 6.09 Å². The van der Waals surface area contributed by atoms with Gasteiger partial charge < -0.3 is 24.4 Å². The van der Waals surface area contributed by atoms with Crippen LogP contribution < -0.4 is 14.8 Å². The zero-order valence-corrected chi connectivity index (χ0v) is 26.8. The molecule has 2 saturated carbocycles. The number of methoxy groups -OCH3 is 1. The van der Waals surface area contributed by atoms with Gasteiger partial charge in [-0.2, -0.15) is 0 Å². The summed E-state index contributed by atoms with van der Waals surface area (Å²) >= 11 is 0. The maximum atomic E-state index is 14.2. The molecule has 10 heteroatoms. The number of nitrogens with one attached hydrogen (secondary N) is 1. The van der Waals surface area contributed by atoms with Crippen LogP contribution in [0.4, 0.5) is 4.79 Å². The molecule has 238 valence electrons. The van der Waals surface area contributed by atoms with Crippen molar-refractivity contribution in [3.63, 3.8) is 0 Å². The highest BCUT2D eigenvalue weighted by Crippen LogP contribution is 2.57. The van der Waals surface area contributed by atoms with E-state index in [0.717, 1.165) is 43.3 Å². The molecular formula is C34H46N4O6. The Morgan fingerprint density at radius 3 is 2.55 bits per heavy atom. The van der Waals surface area contributed by atoms with E-state index in [0.29, 0.717) is 41.3 Å². The van der Waals surface area contributed by atoms with Crippen molar-refractivity contribution in [2.75, 3.05) is 13.7 Å². The number of Topliss-reactive ketones (excluding diaryl/α,β-unsaturated/α-hetero) is 1. The molecule has 44 heavy (non-hydrogen) atoms. The van der Waals surface area contributed by atoms with E-state index in [9.17, 15) is 14.4 Å². The molecule has 2 aromatic rings. The molecule has 2 bridgehead atoms. The summed E-state index contributed by atoms with van der Waals surface area (Å²) in [7, 11) is 1.61. The summed E-state index contributed by atoms with van der Waals surface area (Å²) in [4.78, 5) is 52.0. The fourth-order valence-electron chi connectivity index (χ4n) is 7.81. The first-order valence-corrected chi connectivity index (χ1v) is 16.2. The Morgan fingerprint density at radius 2 is 1.82 bits per heavy atom. The maximum absolute atomic E-state index is 14.2. The van der Waals surface area contributed by atoms with E-state index < -0.39 is 29.7 Å². The minimum absolute atomic E-state index is 0.124. The number of nitrogens with zero attached hydrogens (tertiary/aromatic N) is 3. The van der Waals surface area contributed by atoms with E-state index in [-0.39, 0.29) is 30.3 Å². The standard InChI is InChI=1S/C34H46N4O6/c1-18-28-17-38(29(18)19(2)39)32(40)30(34(3,4)5)37-33(41)44-27-15-20-14-23(20)22(27)10-8-7-9-11-25-31(43-28)36-26-16-21(42-6)12-13-24(26)35-25/h12-13,16,18,20,22-23,27-30H,7-11,14-15,17H2,1-6H3,(H,37,41)/t18-,20?,22-,23+,27-,28+,29+,30-/m1/s1. The van der Waals surface area contributed by atoms with Crippen LogP contribution in [-0.4, -0.2) is 70.6 Å². The van der Waals surface area contributed by atoms with Crippen LogP contribution in [0.15, 0.2) is 18.2 Å². The lowest BCUT2D eigenvalue weighted by molar-refractivity contribution is -0.141. The average Bonchev–Trinajstić information content (AvgIpc) is 3.53. The minimum Gasteiger partial charge on any atom is -0.497 e. The molecule has 3 fully saturated rings. The number of aromatic nitrogens is 2. The highest BCUT2D eigenvalue weighted by atomic mass is 16.6. The van der Waals surface area contributed by atoms with Gasteiger partial charge in [-0.15, -0.1) is 0 Å². The Balaban J connectivity index is 1.36. The van der Waals surface area contributed by atoms with Gasteiger partial charge in [0.05, 0.1) is 30.7 Å². The topological polar surface area (TPSA) is 120 Å². The summed E-state index contributed by atoms with van der Waals surface area (Å²) in [6.45, 7) is 9.37. The smallest absolute Gasteiger partial charge is 0.408 e. The van der Waals surface area contributed by atoms with Crippen molar-refractivity contribution < 1.29 is 28.6 Å². The first kappa shape index (κ1) is 30.6. The van der Waals surface area contributed by atoms with Gasteiger partial charge in [0.2, 0.25) is 11.8 Å². The molecule has 10 nitrogen and oxygen atoms in total. The number of ketones is 1. The summed E-state index contributed by atoms with van der Waals surface area (Å²) in [5.74, 6) is 1.99. The predicted molar refractivity (Wildman–Crippen MR) is 164 cm³/mol. The normalized spacial score (nSPS) is 32.7. The van der Waals surface area contributed by atoms with E-state index in [2.05, 4.69) is 5.32 Å². The van der Waals surface area contributed by atoms with Crippen LogP contribution in [0, 0.1) is 29.1 Å². The van der Waals surface area contributed by atoms with Gasteiger partial charge in [0, 0.05) is 12.0 Å². The van der Waals surface area contributed by atoms with Gasteiger partial charge in [-0.25, -0.2) is 14.8 Å². The van der Waals surface area contributed by atoms with Crippen molar-refractivity contribution in [1.82, 2.24) is 20.2 Å². The second-order valence-corrected chi connectivity index (χ2v) is 14.4. The number of hydrogen-bond acceptors (Lipinski definition) is 8. The number of carbonyl (C=O) groups is 3. The molecule has 0 radical (unpaired) electrons. The van der Waals surface area contributed by atoms with E-state index in [4.69, 9.17) is 24.2 Å². The van der Waals surface area contributed by atoms with Crippen molar-refractivity contribution in [3.8, 4) is 11.6 Å². The summed E-state index contributed by atoms with van der Waals surface area (Å²) in [6, 6.07) is 4.05. The van der Waals surface area contributed by atoms with E-state index in [1.54, 1.807) is 12.0 Å². The van der Waals surface area contributed by atoms with Gasteiger partial charge in [-0.3, -0.25) is 9.59 Å². The molecule has 4 aliphatic rings. The summed E-state index contributed by atoms with van der Waals surface area (Å²) in [6.07, 6.45) is 5.66. The monoisotopic (exact) mass is 606 g/mol. The Morgan fingerprint density at radius 1 is 1.02 bits per heavy atom. The van der Waals surface area contributed by atoms with Crippen molar-refractivity contribution in [2.24, 2.45) is 29.1 Å². The lowest BCUT2D eigenvalue weighted by Gasteiger charge is -2.35. The summed E-state index contributed by atoms with van der Waals surface area (Å²) < 4.78 is 18.1. The van der Waals surface area contributed by atoms with Crippen LogP contribution in [0.2, 0.25) is 0 Å². The minimum atomic E-state index is -0.875. The summed E-state index contributed by atoms with van der Waals surface area (Å²) in [5.41, 5.74) is 1.59. The molecule has 1 N–H and O–H groups in total. The van der Waals surface area contributed by atoms with Crippen LogP contribution in [-0.2, 0) is 20.7 Å². The first-order chi connectivity index (χ1) is 20.9. The van der Waals surface area contributed by atoms with Gasteiger partial charge in [0.25, 0.3) is 0 Å². The molecule has 1 aromatic carbocycles. The first-order valence-electron chi connectivity index (χ1n) is 16.2. The van der Waals surface area contributed by atoms with Crippen molar-refractivity contribution in [2.45, 2.75) is 104 Å². The van der Waals surface area contributed by atoms with Crippen LogP contribution in [0.3, 0.4) is 0 Å². The van der Waals surface area contributed by atoms with E-state index >= 15 is 0 Å². The molecular weight excluding hydrogens is 560 g/mol. The Bertz CT molecular complexity index is 1440. The Labute approximate surface area is 259 Å². The molecule has 2 aliphatic heterocycles. The number of benzene rings is 1. The lowest BCUT2D eigenvalue weighted by atomic mass is 9.85. The number of amides is 2. The number of hydrogen-bond donors (Lipinski definition) is 1. The fourth-order valence-corrected chi connectivity index (χ4v) is 7.81. The number of fused-ring (bicyclic) bond motifs is 7. The average molecular weight is 607 g/mol. The maximum Gasteiger partial charge on any atom is 0.408 e. The number of aryl methyl sites for hydroxylation is 1. The fraction of sp³-hybridized carbons (Fsp3) is 0.676. The zero-order valence-electron chi connectivity index (χ0n) is 26.8. The number of rotatable bonds is 2. The van der Waals surface area contributed by atoms with E-state index in [1.807, 2.05) is 45.9 Å². The van der Waals surface area contributed by atoms with Gasteiger partial charge in [0.1, 0.15) is 29.7 Å². The molecule has 3 heterocycles. The lowest BCUT2D eigenvalue weighted by Crippen LogP contribution is -2.57. The molecule has 8 atom stereocenters. The third-order valence-corrected chi connectivity index (χ3v) is 10.3. The third-order valence-electron chi connectivity index (χ3n) is 10.3. The number of ether oxygens (including phenoxy) is 3. The van der Waals surface area contributed by atoms with Crippen LogP contribution in [0.1, 0.15) is 78.8 Å². The van der Waals surface area contributed by atoms with Crippen LogP contribution >= 0.6 is 0 Å². The van der Waals surface area contributed by atoms with Crippen LogP contribution in [0.5, 0.6) is 11.6 Å². The van der Waals surface area contributed by atoms with Crippen molar-refractivity contribution in [1.29, 1.82) is 0 Å². The SMILES string of the molecule is COc1ccc2nc3c(nc2c1)O[C@H]1CN(C(=O)[C@H](C(C)(C)C)NC(=O)O[C@@H]2CC4C[C@@H]4[C@H]2CCCCC3)[C@H](C(C)=O)[C@@H]1C. The molecule has 0 spiro atoms. The van der Waals surface area contributed by atoms with Gasteiger partial charge in [0.15, 0.2) is 5.78 Å². The highest BCUT2D eigenvalue weighted by molar-refractivity contribution is 5.92. The second-order valence-electron chi connectivity index (χ2n) is 14.4. The molecule has 2 aliphatic carbocycles. The second kappa shape index (κ2) is 11.8. The Hall–Kier alpha value is -3.43. The Kier molecular flexibility index (Phi) is 8.22. The third kappa shape index (κ3) is 5.96. The van der Waals surface area contributed by atoms with E-state index in [1.165, 1.54) is 13.3 Å². The van der Waals surface area contributed by atoms with Gasteiger partial charge in [-0.1, -0.05) is 40.5 Å². The summed E-state index contributed by atoms with van der Waals surface area (Å²) in [5, 5.41) is 2.92. The molecule has 2 amide bonds. The molecule has 1 saturated heterocycles. The largest absolute Gasteiger partial charge is 0.497 e. The number of carbonyl (C=O) groups excluding carboxylic acids is 3. The van der Waals surface area contributed by atoms with Crippen LogP contribution in [0.25, 0.3) is 11.0 Å². The zero-order chi connectivity index (χ0) is 31.3. The van der Waals surface area contributed by atoms with Gasteiger partial charge in [-0.05, 0) is 74.3 Å².